The van der Waals surface area contributed by atoms with Crippen LogP contribution in [0.5, 0.6) is 0 Å². The van der Waals surface area contributed by atoms with Crippen molar-refractivity contribution in [3.05, 3.63) is 23.0 Å². The standard InChI is InChI=1S/C10H15NO2/c1-7-6-9(8(2)11-7)4-5-10(12)13-3/h6,11H,4-5H2,1-3H3. The molecule has 0 amide bonds. The lowest BCUT2D eigenvalue weighted by Crippen LogP contribution is -2.01. The van der Waals surface area contributed by atoms with Crippen LogP contribution in [-0.4, -0.2) is 18.1 Å². The fourth-order valence-corrected chi connectivity index (χ4v) is 1.38. The Morgan fingerprint density at radius 2 is 2.23 bits per heavy atom. The monoisotopic (exact) mass is 181 g/mol. The summed E-state index contributed by atoms with van der Waals surface area (Å²) < 4.78 is 4.57. The van der Waals surface area contributed by atoms with Gasteiger partial charge in [-0.3, -0.25) is 4.79 Å². The smallest absolute Gasteiger partial charge is 0.305 e. The number of aromatic nitrogens is 1. The van der Waals surface area contributed by atoms with Crippen LogP contribution in [0.15, 0.2) is 6.07 Å². The van der Waals surface area contributed by atoms with Crippen molar-refractivity contribution in [2.75, 3.05) is 7.11 Å². The van der Waals surface area contributed by atoms with E-state index in [0.717, 1.165) is 17.8 Å². The minimum Gasteiger partial charge on any atom is -0.469 e. The van der Waals surface area contributed by atoms with E-state index in [4.69, 9.17) is 0 Å². The van der Waals surface area contributed by atoms with Crippen LogP contribution < -0.4 is 0 Å². The van der Waals surface area contributed by atoms with E-state index in [1.807, 2.05) is 13.8 Å². The van der Waals surface area contributed by atoms with Gasteiger partial charge in [0.15, 0.2) is 0 Å². The van der Waals surface area contributed by atoms with Gasteiger partial charge >= 0.3 is 5.97 Å². The molecule has 0 bridgehead atoms. The number of rotatable bonds is 3. The van der Waals surface area contributed by atoms with Gasteiger partial charge < -0.3 is 9.72 Å². The van der Waals surface area contributed by atoms with Crippen molar-refractivity contribution in [2.45, 2.75) is 26.7 Å². The molecule has 72 valence electrons. The number of esters is 1. The van der Waals surface area contributed by atoms with Gasteiger partial charge in [0, 0.05) is 17.8 Å². The average molecular weight is 181 g/mol. The van der Waals surface area contributed by atoms with Gasteiger partial charge in [-0.25, -0.2) is 0 Å². The van der Waals surface area contributed by atoms with Crippen molar-refractivity contribution in [1.82, 2.24) is 4.98 Å². The maximum atomic E-state index is 10.9. The number of methoxy groups -OCH3 is 1. The SMILES string of the molecule is COC(=O)CCc1cc(C)[nH]c1C. The van der Waals surface area contributed by atoms with E-state index in [1.54, 1.807) is 0 Å². The second-order valence-corrected chi connectivity index (χ2v) is 3.18. The largest absolute Gasteiger partial charge is 0.469 e. The van der Waals surface area contributed by atoms with E-state index in [9.17, 15) is 4.79 Å². The number of ether oxygens (including phenoxy) is 1. The summed E-state index contributed by atoms with van der Waals surface area (Å²) in [6.45, 7) is 4.02. The highest BCUT2D eigenvalue weighted by Crippen LogP contribution is 2.11. The van der Waals surface area contributed by atoms with Crippen molar-refractivity contribution in [3.8, 4) is 0 Å². The summed E-state index contributed by atoms with van der Waals surface area (Å²) >= 11 is 0. The van der Waals surface area contributed by atoms with Crippen LogP contribution in [0.25, 0.3) is 0 Å². The van der Waals surface area contributed by atoms with Crippen LogP contribution in [0.1, 0.15) is 23.4 Å². The fraction of sp³-hybridized carbons (Fsp3) is 0.500. The van der Waals surface area contributed by atoms with Crippen molar-refractivity contribution in [2.24, 2.45) is 0 Å². The third-order valence-corrected chi connectivity index (χ3v) is 2.08. The third kappa shape index (κ3) is 2.61. The maximum absolute atomic E-state index is 10.9. The van der Waals surface area contributed by atoms with Crippen molar-refractivity contribution in [1.29, 1.82) is 0 Å². The molecule has 0 aliphatic rings. The molecule has 1 aromatic heterocycles. The van der Waals surface area contributed by atoms with Crippen LogP contribution in [0.4, 0.5) is 0 Å². The lowest BCUT2D eigenvalue weighted by atomic mass is 10.1. The number of hydrogen-bond donors (Lipinski definition) is 1. The van der Waals surface area contributed by atoms with Crippen molar-refractivity contribution < 1.29 is 9.53 Å². The molecule has 0 aromatic carbocycles. The van der Waals surface area contributed by atoms with E-state index >= 15 is 0 Å². The Morgan fingerprint density at radius 1 is 1.54 bits per heavy atom. The van der Waals surface area contributed by atoms with Gasteiger partial charge in [0.25, 0.3) is 0 Å². The molecule has 1 aromatic rings. The minimum atomic E-state index is -0.154. The Labute approximate surface area is 78.1 Å². The van der Waals surface area contributed by atoms with E-state index in [2.05, 4.69) is 15.8 Å². The Balaban J connectivity index is 2.54. The number of nitrogens with one attached hydrogen (secondary N) is 1. The normalized spacial score (nSPS) is 10.1. The summed E-state index contributed by atoms with van der Waals surface area (Å²) in [7, 11) is 1.41. The predicted octanol–water partition coefficient (Wildman–Crippen LogP) is 1.74. The molecular formula is C10H15NO2. The van der Waals surface area contributed by atoms with Crippen LogP contribution in [0.3, 0.4) is 0 Å². The molecule has 0 spiro atoms. The minimum absolute atomic E-state index is 0.154. The van der Waals surface area contributed by atoms with Crippen LogP contribution in [0, 0.1) is 13.8 Å². The number of aromatic amines is 1. The first-order valence-corrected chi connectivity index (χ1v) is 4.35. The second-order valence-electron chi connectivity index (χ2n) is 3.18. The Bertz CT molecular complexity index is 302. The van der Waals surface area contributed by atoms with E-state index in [-0.39, 0.29) is 5.97 Å². The summed E-state index contributed by atoms with van der Waals surface area (Å²) in [6, 6.07) is 2.07. The molecule has 0 atom stereocenters. The zero-order valence-electron chi connectivity index (χ0n) is 8.31. The molecule has 3 nitrogen and oxygen atoms in total. The lowest BCUT2D eigenvalue weighted by Gasteiger charge is -1.98. The first-order valence-electron chi connectivity index (χ1n) is 4.35. The van der Waals surface area contributed by atoms with Gasteiger partial charge in [0.05, 0.1) is 7.11 Å². The van der Waals surface area contributed by atoms with Crippen LogP contribution in [0.2, 0.25) is 0 Å². The number of H-pyrrole nitrogens is 1. The molecule has 3 heteroatoms. The molecule has 0 fully saturated rings. The maximum Gasteiger partial charge on any atom is 0.305 e. The van der Waals surface area contributed by atoms with Crippen molar-refractivity contribution in [3.63, 3.8) is 0 Å². The predicted molar refractivity (Wildman–Crippen MR) is 50.6 cm³/mol. The topological polar surface area (TPSA) is 42.1 Å². The van der Waals surface area contributed by atoms with Gasteiger partial charge in [-0.1, -0.05) is 0 Å². The summed E-state index contributed by atoms with van der Waals surface area (Å²) in [5, 5.41) is 0. The van der Waals surface area contributed by atoms with Gasteiger partial charge in [0.1, 0.15) is 0 Å². The van der Waals surface area contributed by atoms with Gasteiger partial charge in [-0.2, -0.15) is 0 Å². The highest BCUT2D eigenvalue weighted by molar-refractivity contribution is 5.69. The molecule has 0 aliphatic carbocycles. The molecule has 0 aliphatic heterocycles. The molecular weight excluding hydrogens is 166 g/mol. The zero-order valence-corrected chi connectivity index (χ0v) is 8.31. The Kier molecular flexibility index (Phi) is 3.12. The zero-order chi connectivity index (χ0) is 9.84. The molecule has 1 N–H and O–H groups in total. The molecule has 1 rings (SSSR count). The summed E-state index contributed by atoms with van der Waals surface area (Å²) in [4.78, 5) is 14.1. The molecule has 0 unspecified atom stereocenters. The first kappa shape index (κ1) is 9.84. The van der Waals surface area contributed by atoms with Gasteiger partial charge in [-0.15, -0.1) is 0 Å². The van der Waals surface area contributed by atoms with Crippen LogP contribution >= 0.6 is 0 Å². The number of carbonyl (C=O) groups is 1. The quantitative estimate of drug-likeness (QED) is 0.722. The number of hydrogen-bond acceptors (Lipinski definition) is 2. The first-order chi connectivity index (χ1) is 6.13. The molecule has 13 heavy (non-hydrogen) atoms. The molecule has 1 heterocycles. The number of carbonyl (C=O) groups excluding carboxylic acids is 1. The average Bonchev–Trinajstić information content (AvgIpc) is 2.41. The molecule has 0 saturated carbocycles. The summed E-state index contributed by atoms with van der Waals surface area (Å²) in [6.07, 6.45) is 1.21. The van der Waals surface area contributed by atoms with E-state index < -0.39 is 0 Å². The highest BCUT2D eigenvalue weighted by Gasteiger charge is 2.05. The Morgan fingerprint density at radius 3 is 2.69 bits per heavy atom. The third-order valence-electron chi connectivity index (χ3n) is 2.08. The fourth-order valence-electron chi connectivity index (χ4n) is 1.38. The summed E-state index contributed by atoms with van der Waals surface area (Å²) in [5.74, 6) is -0.154. The molecule has 0 radical (unpaired) electrons. The molecule has 0 saturated heterocycles. The van der Waals surface area contributed by atoms with Crippen molar-refractivity contribution >= 4 is 5.97 Å². The van der Waals surface area contributed by atoms with E-state index in [1.165, 1.54) is 12.7 Å². The van der Waals surface area contributed by atoms with Gasteiger partial charge in [0.2, 0.25) is 0 Å². The van der Waals surface area contributed by atoms with Gasteiger partial charge in [-0.05, 0) is 31.9 Å². The summed E-state index contributed by atoms with van der Waals surface area (Å²) in [5.41, 5.74) is 3.47. The van der Waals surface area contributed by atoms with Crippen LogP contribution in [-0.2, 0) is 16.0 Å². The second kappa shape index (κ2) is 4.12. The Hall–Kier alpha value is -1.25. The van der Waals surface area contributed by atoms with E-state index in [0.29, 0.717) is 6.42 Å². The highest BCUT2D eigenvalue weighted by atomic mass is 16.5. The lowest BCUT2D eigenvalue weighted by molar-refractivity contribution is -0.140. The number of aryl methyl sites for hydroxylation is 3.